The van der Waals surface area contributed by atoms with E-state index in [0.29, 0.717) is 17.6 Å². The Morgan fingerprint density at radius 3 is 3.05 bits per heavy atom. The molecule has 20 heavy (non-hydrogen) atoms. The number of hydrogen-bond donors (Lipinski definition) is 2. The molecule has 0 aliphatic rings. The molecule has 0 aromatic carbocycles. The van der Waals surface area contributed by atoms with Crippen molar-refractivity contribution in [3.05, 3.63) is 30.4 Å². The van der Waals surface area contributed by atoms with Crippen molar-refractivity contribution in [2.75, 3.05) is 13.6 Å². The molecule has 0 radical (unpaired) electrons. The van der Waals surface area contributed by atoms with Gasteiger partial charge in [0, 0.05) is 31.9 Å². The molecule has 2 aromatic heterocycles. The van der Waals surface area contributed by atoms with Crippen LogP contribution in [0.1, 0.15) is 17.3 Å². The monoisotopic (exact) mass is 276 g/mol. The number of fused-ring (bicyclic) bond motifs is 1. The largest absolute Gasteiger partial charge is 0.409 e. The summed E-state index contributed by atoms with van der Waals surface area (Å²) in [7, 11) is 1.66. The van der Waals surface area contributed by atoms with Gasteiger partial charge in [0.05, 0.1) is 23.5 Å². The van der Waals surface area contributed by atoms with Crippen LogP contribution in [0.5, 0.6) is 0 Å². The highest BCUT2D eigenvalue weighted by Gasteiger charge is 2.20. The van der Waals surface area contributed by atoms with Crippen molar-refractivity contribution in [3.63, 3.8) is 0 Å². The molecule has 2 aromatic rings. The molecule has 0 fully saturated rings. The van der Waals surface area contributed by atoms with Gasteiger partial charge in [-0.3, -0.25) is 9.78 Å². The first-order valence-electron chi connectivity index (χ1n) is 6.04. The van der Waals surface area contributed by atoms with Crippen molar-refractivity contribution < 1.29 is 10.0 Å². The van der Waals surface area contributed by atoms with E-state index in [0.717, 1.165) is 0 Å². The summed E-state index contributed by atoms with van der Waals surface area (Å²) in [6.07, 6.45) is 6.36. The number of carbonyl (C=O) groups is 1. The Morgan fingerprint density at radius 2 is 2.35 bits per heavy atom. The molecule has 1 unspecified atom stereocenters. The summed E-state index contributed by atoms with van der Waals surface area (Å²) in [6, 6.07) is 0. The Bertz CT molecular complexity index is 650. The van der Waals surface area contributed by atoms with Crippen LogP contribution in [-0.2, 0) is 0 Å². The number of amides is 1. The van der Waals surface area contributed by atoms with Crippen LogP contribution in [0, 0.1) is 5.92 Å². The maximum absolute atomic E-state index is 12.4. The smallest absolute Gasteiger partial charge is 0.257 e. The van der Waals surface area contributed by atoms with Gasteiger partial charge in [0.1, 0.15) is 5.84 Å². The van der Waals surface area contributed by atoms with Crippen LogP contribution in [0.3, 0.4) is 0 Å². The fourth-order valence-electron chi connectivity index (χ4n) is 1.89. The molecule has 2 heterocycles. The number of amidine groups is 1. The SMILES string of the molecule is CC(CN(C)C(=O)c1cnn2ccncc12)/C(N)=N/O. The fraction of sp³-hybridized carbons (Fsp3) is 0.333. The average molecular weight is 276 g/mol. The number of hydrogen-bond acceptors (Lipinski definition) is 5. The van der Waals surface area contributed by atoms with Gasteiger partial charge >= 0.3 is 0 Å². The Morgan fingerprint density at radius 1 is 1.60 bits per heavy atom. The van der Waals surface area contributed by atoms with Crippen LogP contribution < -0.4 is 5.73 Å². The van der Waals surface area contributed by atoms with Gasteiger partial charge in [-0.05, 0) is 0 Å². The number of oxime groups is 1. The van der Waals surface area contributed by atoms with E-state index in [2.05, 4.69) is 15.2 Å². The summed E-state index contributed by atoms with van der Waals surface area (Å²) in [5.74, 6) is -0.342. The van der Waals surface area contributed by atoms with Gasteiger partial charge in [-0.25, -0.2) is 4.52 Å². The maximum Gasteiger partial charge on any atom is 0.257 e. The van der Waals surface area contributed by atoms with Gasteiger partial charge in [-0.15, -0.1) is 0 Å². The predicted octanol–water partition coefficient (Wildman–Crippen LogP) is 0.184. The molecule has 0 saturated carbocycles. The van der Waals surface area contributed by atoms with Crippen LogP contribution in [0.4, 0.5) is 0 Å². The van der Waals surface area contributed by atoms with Crippen LogP contribution >= 0.6 is 0 Å². The van der Waals surface area contributed by atoms with Crippen molar-refractivity contribution >= 4 is 17.3 Å². The molecule has 1 atom stereocenters. The van der Waals surface area contributed by atoms with Gasteiger partial charge in [-0.2, -0.15) is 5.10 Å². The maximum atomic E-state index is 12.4. The third-order valence-corrected chi connectivity index (χ3v) is 3.07. The van der Waals surface area contributed by atoms with E-state index in [4.69, 9.17) is 10.9 Å². The van der Waals surface area contributed by atoms with Crippen molar-refractivity contribution in [1.29, 1.82) is 0 Å². The second kappa shape index (κ2) is 5.55. The van der Waals surface area contributed by atoms with Crippen molar-refractivity contribution in [2.24, 2.45) is 16.8 Å². The fourth-order valence-corrected chi connectivity index (χ4v) is 1.89. The van der Waals surface area contributed by atoms with Crippen molar-refractivity contribution in [1.82, 2.24) is 19.5 Å². The molecule has 0 spiro atoms. The first kappa shape index (κ1) is 13.8. The molecular weight excluding hydrogens is 260 g/mol. The zero-order valence-corrected chi connectivity index (χ0v) is 11.3. The van der Waals surface area contributed by atoms with Crippen LogP contribution in [0.2, 0.25) is 0 Å². The van der Waals surface area contributed by atoms with E-state index < -0.39 is 0 Å². The van der Waals surface area contributed by atoms with Gasteiger partial charge in [0.15, 0.2) is 0 Å². The molecular formula is C12H16N6O2. The van der Waals surface area contributed by atoms with Crippen LogP contribution in [0.25, 0.3) is 5.52 Å². The quantitative estimate of drug-likeness (QED) is 0.358. The lowest BCUT2D eigenvalue weighted by Gasteiger charge is -2.20. The summed E-state index contributed by atoms with van der Waals surface area (Å²) in [5, 5.41) is 15.7. The predicted molar refractivity (Wildman–Crippen MR) is 72.5 cm³/mol. The van der Waals surface area contributed by atoms with E-state index in [1.807, 2.05) is 0 Å². The minimum absolute atomic E-state index is 0.0891. The van der Waals surface area contributed by atoms with Crippen molar-refractivity contribution in [2.45, 2.75) is 6.92 Å². The minimum Gasteiger partial charge on any atom is -0.409 e. The van der Waals surface area contributed by atoms with Gasteiger partial charge < -0.3 is 15.8 Å². The summed E-state index contributed by atoms with van der Waals surface area (Å²) < 4.78 is 1.58. The molecule has 8 heteroatoms. The summed E-state index contributed by atoms with van der Waals surface area (Å²) >= 11 is 0. The molecule has 8 nitrogen and oxygen atoms in total. The van der Waals surface area contributed by atoms with E-state index in [-0.39, 0.29) is 17.7 Å². The Labute approximate surface area is 115 Å². The van der Waals surface area contributed by atoms with Gasteiger partial charge in [0.25, 0.3) is 5.91 Å². The highest BCUT2D eigenvalue weighted by Crippen LogP contribution is 2.12. The zero-order valence-electron chi connectivity index (χ0n) is 11.3. The van der Waals surface area contributed by atoms with Crippen molar-refractivity contribution in [3.8, 4) is 0 Å². The number of rotatable bonds is 4. The molecule has 0 aliphatic carbocycles. The topological polar surface area (TPSA) is 109 Å². The Balaban J connectivity index is 2.19. The number of carbonyl (C=O) groups excluding carboxylic acids is 1. The Hall–Kier alpha value is -2.64. The lowest BCUT2D eigenvalue weighted by atomic mass is 10.1. The summed E-state index contributed by atoms with van der Waals surface area (Å²) in [4.78, 5) is 17.9. The standard InChI is InChI=1S/C12H16N6O2/c1-8(11(13)16-20)7-17(2)12(19)9-5-15-18-4-3-14-6-10(9)18/h3-6,8,20H,7H2,1-2H3,(H2,13,16). The van der Waals surface area contributed by atoms with E-state index in [1.54, 1.807) is 37.1 Å². The zero-order chi connectivity index (χ0) is 14.7. The highest BCUT2D eigenvalue weighted by atomic mass is 16.4. The van der Waals surface area contributed by atoms with Gasteiger partial charge in [0.2, 0.25) is 0 Å². The number of nitrogens with two attached hydrogens (primary N) is 1. The van der Waals surface area contributed by atoms with E-state index >= 15 is 0 Å². The first-order chi connectivity index (χ1) is 9.54. The molecule has 0 aliphatic heterocycles. The third kappa shape index (κ3) is 2.53. The molecule has 0 saturated heterocycles. The number of aromatic nitrogens is 3. The number of nitrogens with zero attached hydrogens (tertiary/aromatic N) is 5. The lowest BCUT2D eigenvalue weighted by molar-refractivity contribution is 0.0788. The van der Waals surface area contributed by atoms with Crippen LogP contribution in [-0.4, -0.2) is 50.0 Å². The minimum atomic E-state index is -0.242. The summed E-state index contributed by atoms with van der Waals surface area (Å²) in [5.41, 5.74) is 6.61. The molecule has 1 amide bonds. The lowest BCUT2D eigenvalue weighted by Crippen LogP contribution is -2.36. The molecule has 106 valence electrons. The molecule has 2 rings (SSSR count). The highest BCUT2D eigenvalue weighted by molar-refractivity contribution is 6.00. The van der Waals surface area contributed by atoms with E-state index in [1.165, 1.54) is 11.1 Å². The van der Waals surface area contributed by atoms with Crippen LogP contribution in [0.15, 0.2) is 29.9 Å². The Kier molecular flexibility index (Phi) is 3.83. The first-order valence-corrected chi connectivity index (χ1v) is 6.04. The average Bonchev–Trinajstić information content (AvgIpc) is 2.89. The normalized spacial score (nSPS) is 13.4. The molecule has 0 bridgehead atoms. The second-order valence-corrected chi connectivity index (χ2v) is 4.58. The molecule has 3 N–H and O–H groups in total. The second-order valence-electron chi connectivity index (χ2n) is 4.58. The van der Waals surface area contributed by atoms with Gasteiger partial charge in [-0.1, -0.05) is 12.1 Å². The third-order valence-electron chi connectivity index (χ3n) is 3.07. The van der Waals surface area contributed by atoms with E-state index in [9.17, 15) is 4.79 Å². The summed E-state index contributed by atoms with van der Waals surface area (Å²) in [6.45, 7) is 2.11.